The van der Waals surface area contributed by atoms with E-state index in [9.17, 15) is 4.79 Å². The molecule has 31 heavy (non-hydrogen) atoms. The summed E-state index contributed by atoms with van der Waals surface area (Å²) in [6, 6.07) is 19.6. The smallest absolute Gasteiger partial charge is 0.253 e. The monoisotopic (exact) mass is 430 g/mol. The number of carbonyl (C=O) groups is 1. The molecule has 1 saturated heterocycles. The van der Waals surface area contributed by atoms with Gasteiger partial charge in [0.25, 0.3) is 5.91 Å². The van der Waals surface area contributed by atoms with Crippen molar-refractivity contribution < 1.29 is 4.79 Å². The van der Waals surface area contributed by atoms with E-state index >= 15 is 0 Å². The van der Waals surface area contributed by atoms with Gasteiger partial charge in [0.05, 0.1) is 23.1 Å². The molecule has 3 heterocycles. The van der Waals surface area contributed by atoms with Crippen LogP contribution < -0.4 is 0 Å². The van der Waals surface area contributed by atoms with Crippen molar-refractivity contribution in [2.75, 3.05) is 13.1 Å². The predicted molar refractivity (Wildman–Crippen MR) is 123 cm³/mol. The molecule has 1 aliphatic heterocycles. The van der Waals surface area contributed by atoms with Gasteiger partial charge in [-0.15, -0.1) is 0 Å². The topological polar surface area (TPSA) is 51.0 Å². The van der Waals surface area contributed by atoms with Crippen LogP contribution in [0.3, 0.4) is 0 Å². The van der Waals surface area contributed by atoms with Crippen LogP contribution in [0, 0.1) is 0 Å². The van der Waals surface area contributed by atoms with Crippen LogP contribution in [0.2, 0.25) is 5.02 Å². The number of amides is 1. The number of benzene rings is 2. The highest BCUT2D eigenvalue weighted by atomic mass is 35.5. The first-order chi connectivity index (χ1) is 15.1. The van der Waals surface area contributed by atoms with Crippen LogP contribution in [0.5, 0.6) is 0 Å². The number of aryl methyl sites for hydroxylation is 1. The molecular weight excluding hydrogens is 408 g/mol. The first kappa shape index (κ1) is 19.8. The molecule has 4 aromatic rings. The average Bonchev–Trinajstić information content (AvgIpc) is 3.19. The van der Waals surface area contributed by atoms with E-state index in [0.717, 1.165) is 47.4 Å². The molecule has 5 rings (SSSR count). The van der Waals surface area contributed by atoms with Gasteiger partial charge in [-0.3, -0.25) is 9.78 Å². The molecule has 1 aliphatic rings. The number of carbonyl (C=O) groups excluding carboxylic acids is 1. The van der Waals surface area contributed by atoms with Gasteiger partial charge in [-0.2, -0.15) is 0 Å². The number of fused-ring (bicyclic) bond motifs is 1. The highest BCUT2D eigenvalue weighted by Gasteiger charge is 2.26. The quantitative estimate of drug-likeness (QED) is 0.442. The van der Waals surface area contributed by atoms with E-state index in [1.54, 1.807) is 6.33 Å². The molecule has 0 aliphatic carbocycles. The van der Waals surface area contributed by atoms with Crippen LogP contribution in [-0.2, 0) is 7.05 Å². The van der Waals surface area contributed by atoms with Gasteiger partial charge < -0.3 is 9.47 Å². The normalized spacial score (nSPS) is 16.6. The van der Waals surface area contributed by atoms with Crippen LogP contribution in [0.15, 0.2) is 67.0 Å². The Kier molecular flexibility index (Phi) is 5.20. The van der Waals surface area contributed by atoms with E-state index in [0.29, 0.717) is 17.1 Å². The summed E-state index contributed by atoms with van der Waals surface area (Å²) in [6.07, 6.45) is 3.76. The molecule has 0 radical (unpaired) electrons. The highest BCUT2D eigenvalue weighted by Crippen LogP contribution is 2.29. The minimum Gasteiger partial charge on any atom is -0.338 e. The molecule has 1 atom stereocenters. The zero-order valence-electron chi connectivity index (χ0n) is 17.3. The maximum atomic E-state index is 13.2. The zero-order chi connectivity index (χ0) is 21.4. The zero-order valence-corrected chi connectivity index (χ0v) is 18.1. The number of likely N-dealkylation sites (tertiary alicyclic amines) is 1. The van der Waals surface area contributed by atoms with Crippen molar-refractivity contribution in [3.05, 3.63) is 83.3 Å². The molecule has 1 fully saturated rings. The number of imidazole rings is 1. The van der Waals surface area contributed by atoms with E-state index in [1.807, 2.05) is 71.1 Å². The summed E-state index contributed by atoms with van der Waals surface area (Å²) < 4.78 is 1.96. The van der Waals surface area contributed by atoms with E-state index < -0.39 is 0 Å². The second-order valence-corrected chi connectivity index (χ2v) is 8.54. The molecule has 2 aromatic carbocycles. The molecule has 0 unspecified atom stereocenters. The molecule has 2 aromatic heterocycles. The SMILES string of the molecule is Cn1cnc2cc(C(=O)N3CCC[C@H](c4cccc(-c5cccc(Cl)c5)n4)C3)ccc21. The lowest BCUT2D eigenvalue weighted by Crippen LogP contribution is -2.39. The Morgan fingerprint density at radius 1 is 1.10 bits per heavy atom. The maximum absolute atomic E-state index is 13.2. The lowest BCUT2D eigenvalue weighted by molar-refractivity contribution is 0.0706. The van der Waals surface area contributed by atoms with Gasteiger partial charge >= 0.3 is 0 Å². The average molecular weight is 431 g/mol. The van der Waals surface area contributed by atoms with Gasteiger partial charge in [0.2, 0.25) is 0 Å². The Hall–Kier alpha value is -3.18. The van der Waals surface area contributed by atoms with Crippen LogP contribution in [0.25, 0.3) is 22.3 Å². The lowest BCUT2D eigenvalue weighted by atomic mass is 9.93. The highest BCUT2D eigenvalue weighted by molar-refractivity contribution is 6.30. The Morgan fingerprint density at radius 2 is 1.97 bits per heavy atom. The number of piperidine rings is 1. The fourth-order valence-electron chi connectivity index (χ4n) is 4.34. The van der Waals surface area contributed by atoms with Gasteiger partial charge in [-0.25, -0.2) is 4.98 Å². The van der Waals surface area contributed by atoms with E-state index in [2.05, 4.69) is 11.1 Å². The first-order valence-corrected chi connectivity index (χ1v) is 10.9. The molecule has 156 valence electrons. The van der Waals surface area contributed by atoms with Crippen molar-refractivity contribution in [2.45, 2.75) is 18.8 Å². The van der Waals surface area contributed by atoms with Crippen LogP contribution >= 0.6 is 11.6 Å². The second kappa shape index (κ2) is 8.16. The van der Waals surface area contributed by atoms with Gasteiger partial charge in [0.1, 0.15) is 0 Å². The summed E-state index contributed by atoms with van der Waals surface area (Å²) in [5.41, 5.74) is 5.49. The van der Waals surface area contributed by atoms with E-state index in [4.69, 9.17) is 16.6 Å². The van der Waals surface area contributed by atoms with Gasteiger partial charge in [-0.1, -0.05) is 29.8 Å². The molecule has 0 saturated carbocycles. The minimum atomic E-state index is 0.0586. The van der Waals surface area contributed by atoms with Crippen LogP contribution in [0.4, 0.5) is 0 Å². The maximum Gasteiger partial charge on any atom is 0.253 e. The number of nitrogens with zero attached hydrogens (tertiary/aromatic N) is 4. The van der Waals surface area contributed by atoms with Crippen LogP contribution in [0.1, 0.15) is 34.8 Å². The Bertz CT molecular complexity index is 1270. The van der Waals surface area contributed by atoms with Crippen molar-refractivity contribution >= 4 is 28.5 Å². The van der Waals surface area contributed by atoms with Crippen molar-refractivity contribution in [3.63, 3.8) is 0 Å². The molecule has 0 N–H and O–H groups in total. The fraction of sp³-hybridized carbons (Fsp3) is 0.240. The minimum absolute atomic E-state index is 0.0586. The van der Waals surface area contributed by atoms with E-state index in [-0.39, 0.29) is 11.8 Å². The fourth-order valence-corrected chi connectivity index (χ4v) is 4.53. The molecule has 1 amide bonds. The number of pyridine rings is 1. The number of rotatable bonds is 3. The number of hydrogen-bond acceptors (Lipinski definition) is 3. The number of hydrogen-bond donors (Lipinski definition) is 0. The number of aromatic nitrogens is 3. The summed E-state index contributed by atoms with van der Waals surface area (Å²) in [4.78, 5) is 24.5. The van der Waals surface area contributed by atoms with Gasteiger partial charge in [0.15, 0.2) is 0 Å². The molecule has 0 spiro atoms. The van der Waals surface area contributed by atoms with E-state index in [1.165, 1.54) is 0 Å². The third-order valence-electron chi connectivity index (χ3n) is 5.99. The molecule has 6 heteroatoms. The number of halogens is 1. The molecule has 0 bridgehead atoms. The summed E-state index contributed by atoms with van der Waals surface area (Å²) in [6.45, 7) is 1.44. The van der Waals surface area contributed by atoms with Crippen molar-refractivity contribution in [1.29, 1.82) is 0 Å². The summed E-state index contributed by atoms with van der Waals surface area (Å²) in [5.74, 6) is 0.277. The third kappa shape index (κ3) is 3.93. The Balaban J connectivity index is 1.37. The van der Waals surface area contributed by atoms with Crippen molar-refractivity contribution in [2.24, 2.45) is 7.05 Å². The molecular formula is C25H23ClN4O. The summed E-state index contributed by atoms with van der Waals surface area (Å²) in [7, 11) is 1.95. The van der Waals surface area contributed by atoms with Crippen molar-refractivity contribution in [1.82, 2.24) is 19.4 Å². The van der Waals surface area contributed by atoms with Gasteiger partial charge in [-0.05, 0) is 55.3 Å². The third-order valence-corrected chi connectivity index (χ3v) is 6.23. The Labute approximate surface area is 186 Å². The largest absolute Gasteiger partial charge is 0.338 e. The second-order valence-electron chi connectivity index (χ2n) is 8.11. The molecule has 5 nitrogen and oxygen atoms in total. The van der Waals surface area contributed by atoms with Crippen LogP contribution in [-0.4, -0.2) is 38.4 Å². The van der Waals surface area contributed by atoms with Crippen molar-refractivity contribution in [3.8, 4) is 11.3 Å². The summed E-state index contributed by atoms with van der Waals surface area (Å²) in [5, 5.41) is 0.698. The Morgan fingerprint density at radius 3 is 2.84 bits per heavy atom. The lowest BCUT2D eigenvalue weighted by Gasteiger charge is -2.32. The van der Waals surface area contributed by atoms with Gasteiger partial charge in [0, 0.05) is 47.9 Å². The summed E-state index contributed by atoms with van der Waals surface area (Å²) >= 11 is 6.16. The standard InChI is InChI=1S/C25H23ClN4O/c1-29-16-27-23-14-18(10-11-24(23)29)25(31)30-12-4-6-19(15-30)22-9-3-8-21(28-22)17-5-2-7-20(26)13-17/h2-3,5,7-11,13-14,16,19H,4,6,12,15H2,1H3/t19-/m0/s1. The first-order valence-electron chi connectivity index (χ1n) is 10.5. The predicted octanol–water partition coefficient (Wildman–Crippen LogP) is 5.31.